The van der Waals surface area contributed by atoms with E-state index in [-0.39, 0.29) is 5.60 Å². The molecular formula is C14H26O. The van der Waals surface area contributed by atoms with Crippen LogP contribution >= 0.6 is 0 Å². The van der Waals surface area contributed by atoms with Crippen LogP contribution in [0, 0.1) is 17.8 Å². The first-order valence-corrected chi connectivity index (χ1v) is 6.79. The number of hydrogen-bond donors (Lipinski definition) is 1. The van der Waals surface area contributed by atoms with Crippen LogP contribution in [0.25, 0.3) is 0 Å². The van der Waals surface area contributed by atoms with E-state index in [9.17, 15) is 5.11 Å². The summed E-state index contributed by atoms with van der Waals surface area (Å²) in [4.78, 5) is 0. The molecule has 0 heterocycles. The second-order valence-electron chi connectivity index (χ2n) is 6.35. The molecule has 2 aliphatic carbocycles. The van der Waals surface area contributed by atoms with Crippen LogP contribution in [-0.4, -0.2) is 10.7 Å². The Bertz CT molecular complexity index is 191. The highest BCUT2D eigenvalue weighted by atomic mass is 16.3. The van der Waals surface area contributed by atoms with Crippen molar-refractivity contribution in [3.8, 4) is 0 Å². The van der Waals surface area contributed by atoms with Crippen LogP contribution in [0.15, 0.2) is 0 Å². The molecule has 0 bridgehead atoms. The summed E-state index contributed by atoms with van der Waals surface area (Å²) in [6.45, 7) is 4.40. The molecular weight excluding hydrogens is 184 g/mol. The van der Waals surface area contributed by atoms with Gasteiger partial charge in [-0.1, -0.05) is 19.8 Å². The quantitative estimate of drug-likeness (QED) is 0.699. The molecule has 0 aromatic carbocycles. The van der Waals surface area contributed by atoms with Crippen molar-refractivity contribution in [2.75, 3.05) is 0 Å². The molecule has 1 N–H and O–H groups in total. The molecule has 0 radical (unpaired) electrons. The van der Waals surface area contributed by atoms with Gasteiger partial charge in [-0.05, 0) is 63.2 Å². The molecule has 0 aliphatic heterocycles. The van der Waals surface area contributed by atoms with Crippen molar-refractivity contribution in [3.63, 3.8) is 0 Å². The molecule has 0 aromatic heterocycles. The summed E-state index contributed by atoms with van der Waals surface area (Å²) in [6, 6.07) is 0. The van der Waals surface area contributed by atoms with E-state index in [1.54, 1.807) is 0 Å². The molecule has 2 fully saturated rings. The van der Waals surface area contributed by atoms with E-state index in [1.165, 1.54) is 38.5 Å². The van der Waals surface area contributed by atoms with Gasteiger partial charge in [0.05, 0.1) is 5.60 Å². The highest BCUT2D eigenvalue weighted by molar-refractivity contribution is 4.85. The average Bonchev–Trinajstić information content (AvgIpc) is 2.20. The predicted molar refractivity (Wildman–Crippen MR) is 63.7 cm³/mol. The maximum Gasteiger partial charge on any atom is 0.0620 e. The molecule has 0 aromatic rings. The second-order valence-corrected chi connectivity index (χ2v) is 6.35. The summed E-state index contributed by atoms with van der Waals surface area (Å²) >= 11 is 0. The Morgan fingerprint density at radius 1 is 0.867 bits per heavy atom. The molecule has 0 atom stereocenters. The Labute approximate surface area is 94.3 Å². The Morgan fingerprint density at radius 3 is 1.87 bits per heavy atom. The van der Waals surface area contributed by atoms with Crippen LogP contribution in [0.3, 0.4) is 0 Å². The second kappa shape index (κ2) is 4.45. The Balaban J connectivity index is 1.80. The maximum absolute atomic E-state index is 9.93. The standard InChI is InChI=1S/C14H26O/c1-11-3-5-12(6-4-11)13-7-9-14(2,15)10-8-13/h11-13,15H,3-10H2,1-2H3. The zero-order chi connectivity index (χ0) is 10.9. The zero-order valence-corrected chi connectivity index (χ0v) is 10.3. The minimum atomic E-state index is -0.349. The minimum Gasteiger partial charge on any atom is -0.390 e. The van der Waals surface area contributed by atoms with Crippen molar-refractivity contribution in [3.05, 3.63) is 0 Å². The Kier molecular flexibility index (Phi) is 3.39. The molecule has 0 spiro atoms. The van der Waals surface area contributed by atoms with Gasteiger partial charge in [0, 0.05) is 0 Å². The van der Waals surface area contributed by atoms with Crippen molar-refractivity contribution in [2.45, 2.75) is 70.8 Å². The first-order chi connectivity index (χ1) is 7.07. The maximum atomic E-state index is 9.93. The molecule has 0 saturated heterocycles. The van der Waals surface area contributed by atoms with Gasteiger partial charge in [-0.15, -0.1) is 0 Å². The highest BCUT2D eigenvalue weighted by Gasteiger charge is 2.33. The van der Waals surface area contributed by atoms with E-state index in [0.717, 1.165) is 30.6 Å². The first kappa shape index (κ1) is 11.4. The van der Waals surface area contributed by atoms with Gasteiger partial charge in [0.2, 0.25) is 0 Å². The summed E-state index contributed by atoms with van der Waals surface area (Å²) < 4.78 is 0. The van der Waals surface area contributed by atoms with Crippen LogP contribution in [0.2, 0.25) is 0 Å². The molecule has 1 nitrogen and oxygen atoms in total. The number of aliphatic hydroxyl groups is 1. The zero-order valence-electron chi connectivity index (χ0n) is 10.3. The van der Waals surface area contributed by atoms with Crippen molar-refractivity contribution in [2.24, 2.45) is 17.8 Å². The van der Waals surface area contributed by atoms with E-state index in [2.05, 4.69) is 6.92 Å². The molecule has 88 valence electrons. The van der Waals surface area contributed by atoms with Gasteiger partial charge in [0.15, 0.2) is 0 Å². The van der Waals surface area contributed by atoms with Crippen LogP contribution in [-0.2, 0) is 0 Å². The molecule has 1 heteroatoms. The monoisotopic (exact) mass is 210 g/mol. The summed E-state index contributed by atoms with van der Waals surface area (Å²) in [5, 5.41) is 9.93. The summed E-state index contributed by atoms with van der Waals surface area (Å²) in [5.74, 6) is 2.88. The van der Waals surface area contributed by atoms with E-state index in [1.807, 2.05) is 6.92 Å². The highest BCUT2D eigenvalue weighted by Crippen LogP contribution is 2.42. The van der Waals surface area contributed by atoms with Crippen LogP contribution in [0.4, 0.5) is 0 Å². The Morgan fingerprint density at radius 2 is 1.33 bits per heavy atom. The van der Waals surface area contributed by atoms with Crippen LogP contribution < -0.4 is 0 Å². The fourth-order valence-corrected chi connectivity index (χ4v) is 3.49. The van der Waals surface area contributed by atoms with E-state index < -0.39 is 0 Å². The van der Waals surface area contributed by atoms with Gasteiger partial charge in [0.1, 0.15) is 0 Å². The predicted octanol–water partition coefficient (Wildman–Crippen LogP) is 3.75. The fraction of sp³-hybridized carbons (Fsp3) is 1.00. The smallest absolute Gasteiger partial charge is 0.0620 e. The van der Waals surface area contributed by atoms with Crippen molar-refractivity contribution < 1.29 is 5.11 Å². The van der Waals surface area contributed by atoms with Crippen LogP contribution in [0.5, 0.6) is 0 Å². The Hall–Kier alpha value is -0.0400. The van der Waals surface area contributed by atoms with Crippen LogP contribution in [0.1, 0.15) is 65.2 Å². The lowest BCUT2D eigenvalue weighted by Crippen LogP contribution is -2.33. The summed E-state index contributed by atoms with van der Waals surface area (Å²) in [7, 11) is 0. The van der Waals surface area contributed by atoms with Gasteiger partial charge in [-0.3, -0.25) is 0 Å². The fourth-order valence-electron chi connectivity index (χ4n) is 3.49. The molecule has 2 aliphatic rings. The first-order valence-electron chi connectivity index (χ1n) is 6.79. The van der Waals surface area contributed by atoms with Crippen molar-refractivity contribution >= 4 is 0 Å². The molecule has 2 saturated carbocycles. The lowest BCUT2D eigenvalue weighted by Gasteiger charge is -2.39. The minimum absolute atomic E-state index is 0.349. The van der Waals surface area contributed by atoms with Gasteiger partial charge >= 0.3 is 0 Å². The van der Waals surface area contributed by atoms with E-state index in [0.29, 0.717) is 0 Å². The third-order valence-corrected chi connectivity index (χ3v) is 4.83. The van der Waals surface area contributed by atoms with Crippen molar-refractivity contribution in [1.82, 2.24) is 0 Å². The topological polar surface area (TPSA) is 20.2 Å². The molecule has 0 amide bonds. The van der Waals surface area contributed by atoms with E-state index in [4.69, 9.17) is 0 Å². The van der Waals surface area contributed by atoms with Gasteiger partial charge in [0.25, 0.3) is 0 Å². The summed E-state index contributed by atoms with van der Waals surface area (Å²) in [5.41, 5.74) is -0.349. The molecule has 2 rings (SSSR count). The normalized spacial score (nSPS) is 47.8. The number of hydrogen-bond acceptors (Lipinski definition) is 1. The average molecular weight is 210 g/mol. The van der Waals surface area contributed by atoms with E-state index >= 15 is 0 Å². The lowest BCUT2D eigenvalue weighted by atomic mass is 9.69. The SMILES string of the molecule is CC1CCC(C2CCC(C)(O)CC2)CC1. The largest absolute Gasteiger partial charge is 0.390 e. The third-order valence-electron chi connectivity index (χ3n) is 4.83. The number of rotatable bonds is 1. The van der Waals surface area contributed by atoms with Crippen molar-refractivity contribution in [1.29, 1.82) is 0 Å². The van der Waals surface area contributed by atoms with Gasteiger partial charge in [-0.2, -0.15) is 0 Å². The molecule has 15 heavy (non-hydrogen) atoms. The lowest BCUT2D eigenvalue weighted by molar-refractivity contribution is -0.00538. The third kappa shape index (κ3) is 2.96. The van der Waals surface area contributed by atoms with Gasteiger partial charge in [-0.25, -0.2) is 0 Å². The summed E-state index contributed by atoms with van der Waals surface area (Å²) in [6.07, 6.45) is 10.4. The molecule has 0 unspecified atom stereocenters. The van der Waals surface area contributed by atoms with Gasteiger partial charge < -0.3 is 5.11 Å².